The number of rotatable bonds is 3. The third-order valence-corrected chi connectivity index (χ3v) is 3.49. The fourth-order valence-corrected chi connectivity index (χ4v) is 2.51. The molecular formula is C16H12Cl2O2. The highest BCUT2D eigenvalue weighted by Gasteiger charge is 2.20. The van der Waals surface area contributed by atoms with Gasteiger partial charge in [-0.25, -0.2) is 0 Å². The highest BCUT2D eigenvalue weighted by Crippen LogP contribution is 2.28. The van der Waals surface area contributed by atoms with Crippen molar-refractivity contribution in [3.8, 4) is 0 Å². The van der Waals surface area contributed by atoms with Gasteiger partial charge >= 0.3 is 0 Å². The van der Waals surface area contributed by atoms with Crippen molar-refractivity contribution in [3.05, 3.63) is 68.7 Å². The van der Waals surface area contributed by atoms with Gasteiger partial charge < -0.3 is 0 Å². The molecule has 0 aliphatic rings. The van der Waals surface area contributed by atoms with E-state index in [-0.39, 0.29) is 27.7 Å². The number of hydrogen-bond donors (Lipinski definition) is 0. The van der Waals surface area contributed by atoms with Crippen molar-refractivity contribution in [2.75, 3.05) is 0 Å². The fourth-order valence-electron chi connectivity index (χ4n) is 1.93. The number of Topliss-reactive ketones (excluding diaryl/α,β-unsaturated/α-hetero) is 1. The second-order valence-corrected chi connectivity index (χ2v) is 5.41. The van der Waals surface area contributed by atoms with Gasteiger partial charge in [-0.15, -0.1) is 0 Å². The lowest BCUT2D eigenvalue weighted by atomic mass is 9.96. The highest BCUT2D eigenvalue weighted by atomic mass is 35.5. The van der Waals surface area contributed by atoms with Gasteiger partial charge in [0.2, 0.25) is 0 Å². The number of carbonyl (C=O) groups excluding carboxylic acids is 2. The predicted octanol–water partition coefficient (Wildman–Crippen LogP) is 4.74. The molecule has 0 radical (unpaired) electrons. The van der Waals surface area contributed by atoms with E-state index in [9.17, 15) is 9.59 Å². The first-order valence-electron chi connectivity index (χ1n) is 6.01. The maximum absolute atomic E-state index is 12.5. The van der Waals surface area contributed by atoms with Crippen LogP contribution >= 0.6 is 23.2 Å². The molecule has 0 unspecified atom stereocenters. The van der Waals surface area contributed by atoms with Crippen LogP contribution in [0.3, 0.4) is 0 Å². The maximum atomic E-state index is 12.5. The maximum Gasteiger partial charge on any atom is 0.195 e. The van der Waals surface area contributed by atoms with Crippen molar-refractivity contribution in [3.63, 3.8) is 0 Å². The fraction of sp³-hybridized carbons (Fsp3) is 0.125. The number of benzene rings is 2. The van der Waals surface area contributed by atoms with Gasteiger partial charge in [0.25, 0.3) is 0 Å². The molecule has 0 aliphatic carbocycles. The summed E-state index contributed by atoms with van der Waals surface area (Å²) in [5.74, 6) is -0.526. The summed E-state index contributed by atoms with van der Waals surface area (Å²) in [7, 11) is 0. The Bertz CT molecular complexity index is 688. The van der Waals surface area contributed by atoms with Crippen LogP contribution in [0, 0.1) is 6.92 Å². The molecule has 2 rings (SSSR count). The van der Waals surface area contributed by atoms with E-state index >= 15 is 0 Å². The lowest BCUT2D eigenvalue weighted by molar-refractivity contribution is 0.0990. The minimum atomic E-state index is -0.281. The normalized spacial score (nSPS) is 10.4. The lowest BCUT2D eigenvalue weighted by Crippen LogP contribution is -2.09. The van der Waals surface area contributed by atoms with Gasteiger partial charge in [-0.3, -0.25) is 9.59 Å². The molecule has 0 aliphatic heterocycles. The highest BCUT2D eigenvalue weighted by molar-refractivity contribution is 6.39. The Labute approximate surface area is 127 Å². The van der Waals surface area contributed by atoms with E-state index in [0.29, 0.717) is 10.6 Å². The second kappa shape index (κ2) is 5.78. The minimum Gasteiger partial charge on any atom is -0.294 e. The molecule has 0 atom stereocenters. The Morgan fingerprint density at radius 3 is 2.15 bits per heavy atom. The summed E-state index contributed by atoms with van der Waals surface area (Å²) >= 11 is 12.0. The molecule has 0 N–H and O–H groups in total. The van der Waals surface area contributed by atoms with Crippen molar-refractivity contribution in [1.29, 1.82) is 0 Å². The molecule has 4 heteroatoms. The van der Waals surface area contributed by atoms with E-state index in [1.165, 1.54) is 19.1 Å². The van der Waals surface area contributed by atoms with E-state index < -0.39 is 0 Å². The second-order valence-electron chi connectivity index (χ2n) is 4.56. The third kappa shape index (κ3) is 2.92. The van der Waals surface area contributed by atoms with Crippen molar-refractivity contribution < 1.29 is 9.59 Å². The summed E-state index contributed by atoms with van der Waals surface area (Å²) in [5, 5.41) is 0.522. The van der Waals surface area contributed by atoms with Crippen LogP contribution in [0.25, 0.3) is 0 Å². The van der Waals surface area contributed by atoms with E-state index in [1.54, 1.807) is 12.1 Å². The zero-order valence-electron chi connectivity index (χ0n) is 11.0. The molecule has 0 heterocycles. The van der Waals surface area contributed by atoms with Crippen LogP contribution in [0.15, 0.2) is 36.4 Å². The third-order valence-electron chi connectivity index (χ3n) is 2.98. The van der Waals surface area contributed by atoms with Crippen LogP contribution in [-0.4, -0.2) is 11.6 Å². The molecular weight excluding hydrogens is 295 g/mol. The van der Waals surface area contributed by atoms with E-state index in [0.717, 1.165) is 5.56 Å². The van der Waals surface area contributed by atoms with E-state index in [2.05, 4.69) is 0 Å². The summed E-state index contributed by atoms with van der Waals surface area (Å²) in [6, 6.07) is 10.0. The van der Waals surface area contributed by atoms with Crippen LogP contribution < -0.4 is 0 Å². The molecule has 0 fully saturated rings. The van der Waals surface area contributed by atoms with Gasteiger partial charge in [0.15, 0.2) is 11.6 Å². The van der Waals surface area contributed by atoms with Gasteiger partial charge in [-0.05, 0) is 26.0 Å². The Morgan fingerprint density at radius 1 is 1.00 bits per heavy atom. The van der Waals surface area contributed by atoms with Gasteiger partial charge in [-0.2, -0.15) is 0 Å². The molecule has 20 heavy (non-hydrogen) atoms. The number of halogens is 2. The lowest BCUT2D eigenvalue weighted by Gasteiger charge is -2.09. The number of carbonyl (C=O) groups is 2. The van der Waals surface area contributed by atoms with Crippen molar-refractivity contribution >= 4 is 34.8 Å². The molecule has 2 aromatic carbocycles. The van der Waals surface area contributed by atoms with E-state index in [4.69, 9.17) is 23.2 Å². The Kier molecular flexibility index (Phi) is 4.26. The first kappa shape index (κ1) is 14.8. The molecule has 0 bridgehead atoms. The summed E-state index contributed by atoms with van der Waals surface area (Å²) in [4.78, 5) is 24.2. The molecule has 102 valence electrons. The predicted molar refractivity (Wildman–Crippen MR) is 81.1 cm³/mol. The Morgan fingerprint density at radius 2 is 1.60 bits per heavy atom. The number of ketones is 2. The SMILES string of the molecule is CC(=O)c1cc(Cl)cc(Cl)c1C(=O)c1ccc(C)cc1. The van der Waals surface area contributed by atoms with Crippen molar-refractivity contribution in [1.82, 2.24) is 0 Å². The largest absolute Gasteiger partial charge is 0.294 e. The van der Waals surface area contributed by atoms with Crippen molar-refractivity contribution in [2.45, 2.75) is 13.8 Å². The Balaban J connectivity index is 2.59. The first-order valence-corrected chi connectivity index (χ1v) is 6.77. The Hall–Kier alpha value is -1.64. The zero-order valence-corrected chi connectivity index (χ0v) is 12.5. The van der Waals surface area contributed by atoms with Crippen LogP contribution in [0.5, 0.6) is 0 Å². The molecule has 2 nitrogen and oxygen atoms in total. The van der Waals surface area contributed by atoms with Gasteiger partial charge in [0, 0.05) is 16.1 Å². The average Bonchev–Trinajstić information content (AvgIpc) is 2.37. The molecule has 0 saturated carbocycles. The molecule has 0 aromatic heterocycles. The number of hydrogen-bond acceptors (Lipinski definition) is 2. The summed E-state index contributed by atoms with van der Waals surface area (Å²) in [6.07, 6.45) is 0. The van der Waals surface area contributed by atoms with Gasteiger partial charge in [-0.1, -0.05) is 53.0 Å². The van der Waals surface area contributed by atoms with Crippen molar-refractivity contribution in [2.24, 2.45) is 0 Å². The zero-order chi connectivity index (χ0) is 14.9. The number of aryl methyl sites for hydroxylation is 1. The van der Waals surface area contributed by atoms with Crippen LogP contribution in [0.4, 0.5) is 0 Å². The monoisotopic (exact) mass is 306 g/mol. The van der Waals surface area contributed by atoms with Gasteiger partial charge in [0.1, 0.15) is 0 Å². The molecule has 0 amide bonds. The van der Waals surface area contributed by atoms with Crippen LogP contribution in [0.2, 0.25) is 10.0 Å². The average molecular weight is 307 g/mol. The van der Waals surface area contributed by atoms with Crippen LogP contribution in [-0.2, 0) is 0 Å². The summed E-state index contributed by atoms with van der Waals surface area (Å²) in [5.41, 5.74) is 1.98. The molecule has 0 spiro atoms. The molecule has 2 aromatic rings. The van der Waals surface area contributed by atoms with Gasteiger partial charge in [0.05, 0.1) is 10.6 Å². The summed E-state index contributed by atoms with van der Waals surface area (Å²) in [6.45, 7) is 3.32. The minimum absolute atomic E-state index is 0.188. The summed E-state index contributed by atoms with van der Waals surface area (Å²) < 4.78 is 0. The standard InChI is InChI=1S/C16H12Cl2O2/c1-9-3-5-11(6-4-9)16(20)15-13(10(2)19)7-12(17)8-14(15)18/h3-8H,1-2H3. The molecule has 0 saturated heterocycles. The topological polar surface area (TPSA) is 34.1 Å². The van der Waals surface area contributed by atoms with Crippen LogP contribution in [0.1, 0.15) is 38.8 Å². The quantitative estimate of drug-likeness (QED) is 0.768. The first-order chi connectivity index (χ1) is 9.40. The van der Waals surface area contributed by atoms with E-state index in [1.807, 2.05) is 19.1 Å². The smallest absolute Gasteiger partial charge is 0.195 e.